The first-order valence-corrected chi connectivity index (χ1v) is 6.94. The Morgan fingerprint density at radius 1 is 1.28 bits per heavy atom. The Morgan fingerprint density at radius 2 is 2.11 bits per heavy atom. The molecule has 3 rings (SSSR count). The molecule has 2 heterocycles. The molecule has 0 spiro atoms. The van der Waals surface area contributed by atoms with E-state index >= 15 is 0 Å². The van der Waals surface area contributed by atoms with Crippen LogP contribution in [0, 0.1) is 5.92 Å². The standard InChI is InChI=1S/C13H20N2O3/c16-11-8-14-13(17)12(9-3-4-9)15(11)6-5-10-2-1-7-18-10/h9-10,12H,1-8H2,(H,14,17). The van der Waals surface area contributed by atoms with Gasteiger partial charge in [0.2, 0.25) is 11.8 Å². The van der Waals surface area contributed by atoms with Crippen molar-refractivity contribution in [3.63, 3.8) is 0 Å². The van der Waals surface area contributed by atoms with E-state index in [4.69, 9.17) is 4.74 Å². The molecule has 0 bridgehead atoms. The Balaban J connectivity index is 1.62. The SMILES string of the molecule is O=C1NCC(=O)N(CCC2CCCO2)C1C1CC1. The van der Waals surface area contributed by atoms with Crippen molar-refractivity contribution >= 4 is 11.8 Å². The smallest absolute Gasteiger partial charge is 0.243 e. The molecule has 1 saturated carbocycles. The van der Waals surface area contributed by atoms with Crippen molar-refractivity contribution in [1.82, 2.24) is 10.2 Å². The van der Waals surface area contributed by atoms with E-state index in [1.165, 1.54) is 0 Å². The second-order valence-corrected chi connectivity index (χ2v) is 5.51. The van der Waals surface area contributed by atoms with E-state index in [0.29, 0.717) is 12.5 Å². The number of nitrogens with zero attached hydrogens (tertiary/aromatic N) is 1. The predicted molar refractivity (Wildman–Crippen MR) is 64.8 cm³/mol. The summed E-state index contributed by atoms with van der Waals surface area (Å²) in [5.74, 6) is 0.479. The molecule has 3 fully saturated rings. The lowest BCUT2D eigenvalue weighted by Gasteiger charge is -2.35. The zero-order valence-corrected chi connectivity index (χ0v) is 10.6. The number of piperazine rings is 1. The van der Waals surface area contributed by atoms with Gasteiger partial charge < -0.3 is 15.0 Å². The topological polar surface area (TPSA) is 58.6 Å². The summed E-state index contributed by atoms with van der Waals surface area (Å²) in [7, 11) is 0. The molecule has 3 aliphatic rings. The van der Waals surface area contributed by atoms with Gasteiger partial charge in [-0.05, 0) is 38.0 Å². The van der Waals surface area contributed by atoms with Crippen LogP contribution in [0.15, 0.2) is 0 Å². The van der Waals surface area contributed by atoms with Crippen LogP contribution in [0.1, 0.15) is 32.1 Å². The third kappa shape index (κ3) is 2.36. The molecule has 2 amide bonds. The van der Waals surface area contributed by atoms with Crippen LogP contribution in [0.4, 0.5) is 0 Å². The number of nitrogens with one attached hydrogen (secondary N) is 1. The maximum atomic E-state index is 12.0. The molecular weight excluding hydrogens is 232 g/mol. The molecule has 0 aromatic heterocycles. The highest BCUT2D eigenvalue weighted by Gasteiger charge is 2.44. The second kappa shape index (κ2) is 4.88. The van der Waals surface area contributed by atoms with Gasteiger partial charge in [-0.25, -0.2) is 0 Å². The lowest BCUT2D eigenvalue weighted by molar-refractivity contribution is -0.146. The van der Waals surface area contributed by atoms with Gasteiger partial charge in [0, 0.05) is 13.2 Å². The van der Waals surface area contributed by atoms with Crippen LogP contribution < -0.4 is 5.32 Å². The molecular formula is C13H20N2O3. The van der Waals surface area contributed by atoms with Gasteiger partial charge in [-0.2, -0.15) is 0 Å². The maximum Gasteiger partial charge on any atom is 0.243 e. The largest absolute Gasteiger partial charge is 0.378 e. The molecule has 1 N–H and O–H groups in total. The average Bonchev–Trinajstić information content (AvgIpc) is 3.06. The number of carbonyl (C=O) groups excluding carboxylic acids is 2. The highest BCUT2D eigenvalue weighted by Crippen LogP contribution is 2.36. The van der Waals surface area contributed by atoms with Crippen LogP contribution in [0.5, 0.6) is 0 Å². The van der Waals surface area contributed by atoms with Crippen molar-refractivity contribution in [2.24, 2.45) is 5.92 Å². The normalized spacial score (nSPS) is 32.8. The molecule has 2 aliphatic heterocycles. The van der Waals surface area contributed by atoms with E-state index in [2.05, 4.69) is 5.32 Å². The van der Waals surface area contributed by atoms with E-state index in [-0.39, 0.29) is 30.5 Å². The van der Waals surface area contributed by atoms with Gasteiger partial charge in [0.25, 0.3) is 0 Å². The zero-order valence-electron chi connectivity index (χ0n) is 10.6. The van der Waals surface area contributed by atoms with Crippen molar-refractivity contribution in [3.05, 3.63) is 0 Å². The third-order valence-electron chi connectivity index (χ3n) is 4.12. The fourth-order valence-electron chi connectivity index (χ4n) is 2.96. The first kappa shape index (κ1) is 12.0. The van der Waals surface area contributed by atoms with Crippen LogP contribution in [-0.2, 0) is 14.3 Å². The van der Waals surface area contributed by atoms with E-state index < -0.39 is 0 Å². The Kier molecular flexibility index (Phi) is 3.24. The fraction of sp³-hybridized carbons (Fsp3) is 0.846. The zero-order chi connectivity index (χ0) is 12.5. The van der Waals surface area contributed by atoms with Gasteiger partial charge in [-0.15, -0.1) is 0 Å². The summed E-state index contributed by atoms with van der Waals surface area (Å²) in [5.41, 5.74) is 0. The van der Waals surface area contributed by atoms with Gasteiger partial charge in [0.1, 0.15) is 6.04 Å². The highest BCUT2D eigenvalue weighted by atomic mass is 16.5. The summed E-state index contributed by atoms with van der Waals surface area (Å²) in [4.78, 5) is 25.6. The molecule has 5 nitrogen and oxygen atoms in total. The first-order valence-electron chi connectivity index (χ1n) is 6.94. The van der Waals surface area contributed by atoms with E-state index in [1.54, 1.807) is 4.90 Å². The minimum atomic E-state index is -0.215. The number of hydrogen-bond acceptors (Lipinski definition) is 3. The Labute approximate surface area is 107 Å². The average molecular weight is 252 g/mol. The molecule has 0 aromatic rings. The number of ether oxygens (including phenoxy) is 1. The van der Waals surface area contributed by atoms with Gasteiger partial charge in [-0.3, -0.25) is 9.59 Å². The number of carbonyl (C=O) groups is 2. The molecule has 0 radical (unpaired) electrons. The molecule has 1 aliphatic carbocycles. The van der Waals surface area contributed by atoms with Crippen LogP contribution in [0.3, 0.4) is 0 Å². The van der Waals surface area contributed by atoms with Crippen molar-refractivity contribution in [2.75, 3.05) is 19.7 Å². The third-order valence-corrected chi connectivity index (χ3v) is 4.12. The summed E-state index contributed by atoms with van der Waals surface area (Å²) >= 11 is 0. The summed E-state index contributed by atoms with van der Waals surface area (Å²) < 4.78 is 5.58. The van der Waals surface area contributed by atoms with Crippen LogP contribution in [0.25, 0.3) is 0 Å². The quantitative estimate of drug-likeness (QED) is 0.782. The second-order valence-electron chi connectivity index (χ2n) is 5.51. The minimum Gasteiger partial charge on any atom is -0.378 e. The monoisotopic (exact) mass is 252 g/mol. The Hall–Kier alpha value is -1.10. The molecule has 2 atom stereocenters. The van der Waals surface area contributed by atoms with Crippen LogP contribution in [-0.4, -0.2) is 48.6 Å². The fourth-order valence-corrected chi connectivity index (χ4v) is 2.96. The van der Waals surface area contributed by atoms with Crippen LogP contribution in [0.2, 0.25) is 0 Å². The van der Waals surface area contributed by atoms with Crippen LogP contribution >= 0.6 is 0 Å². The van der Waals surface area contributed by atoms with Crippen molar-refractivity contribution in [3.8, 4) is 0 Å². The van der Waals surface area contributed by atoms with Gasteiger partial charge in [0.15, 0.2) is 0 Å². The molecule has 18 heavy (non-hydrogen) atoms. The molecule has 5 heteroatoms. The number of amides is 2. The summed E-state index contributed by atoms with van der Waals surface area (Å²) in [5, 5.41) is 2.70. The van der Waals surface area contributed by atoms with Crippen molar-refractivity contribution in [1.29, 1.82) is 0 Å². The van der Waals surface area contributed by atoms with Crippen molar-refractivity contribution < 1.29 is 14.3 Å². The van der Waals surface area contributed by atoms with Gasteiger partial charge in [-0.1, -0.05) is 0 Å². The lowest BCUT2D eigenvalue weighted by atomic mass is 10.1. The predicted octanol–water partition coefficient (Wildman–Crippen LogP) is 0.292. The van der Waals surface area contributed by atoms with Crippen molar-refractivity contribution in [2.45, 2.75) is 44.2 Å². The van der Waals surface area contributed by atoms with Gasteiger partial charge in [0.05, 0.1) is 12.6 Å². The first-order chi connectivity index (χ1) is 8.75. The van der Waals surface area contributed by atoms with E-state index in [0.717, 1.165) is 38.7 Å². The Morgan fingerprint density at radius 3 is 2.78 bits per heavy atom. The van der Waals surface area contributed by atoms with E-state index in [9.17, 15) is 9.59 Å². The molecule has 100 valence electrons. The molecule has 0 aromatic carbocycles. The summed E-state index contributed by atoms with van der Waals surface area (Å²) in [6.45, 7) is 1.66. The number of hydrogen-bond donors (Lipinski definition) is 1. The lowest BCUT2D eigenvalue weighted by Crippen LogP contribution is -2.59. The maximum absolute atomic E-state index is 12.0. The molecule has 2 unspecified atom stereocenters. The van der Waals surface area contributed by atoms with E-state index in [1.807, 2.05) is 0 Å². The highest BCUT2D eigenvalue weighted by molar-refractivity contribution is 5.95. The Bertz CT molecular complexity index is 348. The number of rotatable bonds is 4. The molecule has 2 saturated heterocycles. The summed E-state index contributed by atoms with van der Waals surface area (Å²) in [6, 6.07) is -0.215. The van der Waals surface area contributed by atoms with Gasteiger partial charge >= 0.3 is 0 Å². The summed E-state index contributed by atoms with van der Waals surface area (Å²) in [6.07, 6.45) is 5.49. The minimum absolute atomic E-state index is 0.0319.